The highest BCUT2D eigenvalue weighted by atomic mass is 35.5. The van der Waals surface area contributed by atoms with Crippen LogP contribution in [-0.4, -0.2) is 9.97 Å². The number of anilines is 2. The maximum atomic E-state index is 5.97. The Morgan fingerprint density at radius 1 is 1.20 bits per heavy atom. The van der Waals surface area contributed by atoms with Crippen molar-refractivity contribution < 1.29 is 0 Å². The Bertz CT molecular complexity index is 612. The molecule has 0 aliphatic heterocycles. The van der Waals surface area contributed by atoms with Crippen molar-refractivity contribution >= 4 is 23.2 Å². The summed E-state index contributed by atoms with van der Waals surface area (Å²) in [4.78, 5) is 8.90. The molecule has 0 radical (unpaired) electrons. The molecule has 0 spiro atoms. The Balaban J connectivity index is 1.74. The van der Waals surface area contributed by atoms with Crippen LogP contribution in [0.5, 0.6) is 0 Å². The first kappa shape index (κ1) is 13.1. The number of aromatic nitrogens is 2. The number of benzene rings is 1. The Morgan fingerprint density at radius 3 is 2.70 bits per heavy atom. The molecule has 1 heterocycles. The fourth-order valence-electron chi connectivity index (χ4n) is 1.99. The molecule has 5 nitrogen and oxygen atoms in total. The van der Waals surface area contributed by atoms with E-state index in [1.807, 2.05) is 24.3 Å². The molecule has 4 N–H and O–H groups in total. The number of hydrogen-bond acceptors (Lipinski definition) is 5. The van der Waals surface area contributed by atoms with E-state index in [9.17, 15) is 0 Å². The third kappa shape index (κ3) is 3.18. The minimum atomic E-state index is 0.481. The van der Waals surface area contributed by atoms with Gasteiger partial charge in [0.2, 0.25) is 0 Å². The van der Waals surface area contributed by atoms with Gasteiger partial charge in [-0.25, -0.2) is 15.8 Å². The van der Waals surface area contributed by atoms with Gasteiger partial charge in [0.1, 0.15) is 17.5 Å². The number of rotatable bonds is 5. The van der Waals surface area contributed by atoms with E-state index in [0.29, 0.717) is 18.3 Å². The largest absolute Gasteiger partial charge is 0.366 e. The molecule has 0 unspecified atom stereocenters. The van der Waals surface area contributed by atoms with Crippen molar-refractivity contribution in [3.8, 4) is 0 Å². The number of nitrogen functional groups attached to an aromatic ring is 1. The fourth-order valence-corrected chi connectivity index (χ4v) is 2.21. The van der Waals surface area contributed by atoms with Crippen LogP contribution in [0.2, 0.25) is 5.02 Å². The van der Waals surface area contributed by atoms with E-state index in [-0.39, 0.29) is 0 Å². The van der Waals surface area contributed by atoms with Crippen molar-refractivity contribution in [2.75, 3.05) is 10.7 Å². The molecule has 2 aromatic rings. The van der Waals surface area contributed by atoms with Crippen LogP contribution in [0.1, 0.15) is 30.1 Å². The zero-order chi connectivity index (χ0) is 13.9. The number of nitrogens with one attached hydrogen (secondary N) is 2. The predicted octanol–water partition coefficient (Wildman–Crippen LogP) is 2.91. The average Bonchev–Trinajstić information content (AvgIpc) is 3.29. The van der Waals surface area contributed by atoms with Crippen LogP contribution < -0.4 is 16.6 Å². The van der Waals surface area contributed by atoms with Crippen LogP contribution in [-0.2, 0) is 6.54 Å². The summed E-state index contributed by atoms with van der Waals surface area (Å²) in [6.07, 6.45) is 2.31. The molecule has 1 aliphatic carbocycles. The van der Waals surface area contributed by atoms with Gasteiger partial charge in [0, 0.05) is 23.6 Å². The van der Waals surface area contributed by atoms with Gasteiger partial charge >= 0.3 is 0 Å². The first-order valence-electron chi connectivity index (χ1n) is 6.58. The molecule has 1 aliphatic rings. The normalized spacial score (nSPS) is 14.1. The molecule has 0 amide bonds. The van der Waals surface area contributed by atoms with Crippen LogP contribution in [0, 0.1) is 0 Å². The number of halogens is 1. The summed E-state index contributed by atoms with van der Waals surface area (Å²) in [6.45, 7) is 0.658. The van der Waals surface area contributed by atoms with E-state index >= 15 is 0 Å². The number of nitrogens with zero attached hydrogens (tertiary/aromatic N) is 2. The Labute approximate surface area is 122 Å². The highest BCUT2D eigenvalue weighted by Gasteiger charge is 2.27. The standard InChI is InChI=1S/C14H16ClN5/c15-11-3-1-2-9(6-11)8-17-12-7-13(20-16)19-14(18-12)10-4-5-10/h1-3,6-7,10H,4-5,8,16H2,(H2,17,18,19,20). The summed E-state index contributed by atoms with van der Waals surface area (Å²) in [5.41, 5.74) is 3.69. The van der Waals surface area contributed by atoms with Gasteiger partial charge in [0.05, 0.1) is 0 Å². The van der Waals surface area contributed by atoms with E-state index in [0.717, 1.165) is 35.1 Å². The van der Waals surface area contributed by atoms with Gasteiger partial charge in [-0.15, -0.1) is 0 Å². The van der Waals surface area contributed by atoms with E-state index < -0.39 is 0 Å². The summed E-state index contributed by atoms with van der Waals surface area (Å²) < 4.78 is 0. The van der Waals surface area contributed by atoms with E-state index in [1.54, 1.807) is 6.07 Å². The maximum absolute atomic E-state index is 5.97. The fraction of sp³-hybridized carbons (Fsp3) is 0.286. The Hall–Kier alpha value is -1.85. The summed E-state index contributed by atoms with van der Waals surface area (Å²) in [7, 11) is 0. The molecule has 1 fully saturated rings. The summed E-state index contributed by atoms with van der Waals surface area (Å²) in [5, 5.41) is 4.01. The van der Waals surface area contributed by atoms with Crippen molar-refractivity contribution in [3.05, 3.63) is 46.7 Å². The lowest BCUT2D eigenvalue weighted by atomic mass is 10.2. The maximum Gasteiger partial charge on any atom is 0.145 e. The third-order valence-electron chi connectivity index (χ3n) is 3.20. The second-order valence-corrected chi connectivity index (χ2v) is 5.34. The number of nitrogens with two attached hydrogens (primary N) is 1. The molecular weight excluding hydrogens is 274 g/mol. The predicted molar refractivity (Wildman–Crippen MR) is 80.6 cm³/mol. The minimum Gasteiger partial charge on any atom is -0.366 e. The second-order valence-electron chi connectivity index (χ2n) is 4.90. The van der Waals surface area contributed by atoms with Gasteiger partial charge < -0.3 is 10.7 Å². The summed E-state index contributed by atoms with van der Waals surface area (Å²) in [6, 6.07) is 9.54. The number of hydrazine groups is 1. The highest BCUT2D eigenvalue weighted by molar-refractivity contribution is 6.30. The van der Waals surface area contributed by atoms with Gasteiger partial charge in [-0.2, -0.15) is 0 Å². The van der Waals surface area contributed by atoms with Crippen molar-refractivity contribution in [3.63, 3.8) is 0 Å². The van der Waals surface area contributed by atoms with Gasteiger partial charge in [0.25, 0.3) is 0 Å². The highest BCUT2D eigenvalue weighted by Crippen LogP contribution is 2.38. The van der Waals surface area contributed by atoms with Crippen molar-refractivity contribution in [1.82, 2.24) is 9.97 Å². The van der Waals surface area contributed by atoms with Gasteiger partial charge in [0.15, 0.2) is 0 Å². The van der Waals surface area contributed by atoms with Crippen molar-refractivity contribution in [2.24, 2.45) is 5.84 Å². The summed E-state index contributed by atoms with van der Waals surface area (Å²) in [5.74, 6) is 8.19. The summed E-state index contributed by atoms with van der Waals surface area (Å²) >= 11 is 5.97. The van der Waals surface area contributed by atoms with Gasteiger partial charge in [-0.05, 0) is 30.5 Å². The molecule has 1 aromatic heterocycles. The molecule has 6 heteroatoms. The third-order valence-corrected chi connectivity index (χ3v) is 3.43. The lowest BCUT2D eigenvalue weighted by Gasteiger charge is -2.09. The van der Waals surface area contributed by atoms with Gasteiger partial charge in [-0.3, -0.25) is 0 Å². The van der Waals surface area contributed by atoms with Crippen LogP contribution in [0.25, 0.3) is 0 Å². The van der Waals surface area contributed by atoms with Gasteiger partial charge in [-0.1, -0.05) is 23.7 Å². The first-order chi connectivity index (χ1) is 9.74. The zero-order valence-corrected chi connectivity index (χ0v) is 11.7. The molecule has 0 bridgehead atoms. The van der Waals surface area contributed by atoms with E-state index in [1.165, 1.54) is 0 Å². The first-order valence-corrected chi connectivity index (χ1v) is 6.96. The van der Waals surface area contributed by atoms with Crippen molar-refractivity contribution in [1.29, 1.82) is 0 Å². The Kier molecular flexibility index (Phi) is 3.71. The molecular formula is C14H16ClN5. The molecule has 0 atom stereocenters. The topological polar surface area (TPSA) is 75.9 Å². The average molecular weight is 290 g/mol. The lowest BCUT2D eigenvalue weighted by molar-refractivity contribution is 0.920. The van der Waals surface area contributed by atoms with Crippen LogP contribution in [0.4, 0.5) is 11.6 Å². The monoisotopic (exact) mass is 289 g/mol. The molecule has 1 saturated carbocycles. The minimum absolute atomic E-state index is 0.481. The molecule has 104 valence electrons. The quantitative estimate of drug-likeness (QED) is 0.583. The van der Waals surface area contributed by atoms with Crippen LogP contribution in [0.15, 0.2) is 30.3 Å². The SMILES string of the molecule is NNc1cc(NCc2cccc(Cl)c2)nc(C2CC2)n1. The smallest absolute Gasteiger partial charge is 0.145 e. The zero-order valence-electron chi connectivity index (χ0n) is 10.9. The van der Waals surface area contributed by atoms with Crippen LogP contribution in [0.3, 0.4) is 0 Å². The van der Waals surface area contributed by atoms with E-state index in [4.69, 9.17) is 17.4 Å². The molecule has 3 rings (SSSR count). The molecule has 1 aromatic carbocycles. The molecule has 20 heavy (non-hydrogen) atoms. The van der Waals surface area contributed by atoms with Crippen molar-refractivity contribution in [2.45, 2.75) is 25.3 Å². The molecule has 0 saturated heterocycles. The van der Waals surface area contributed by atoms with E-state index in [2.05, 4.69) is 20.7 Å². The number of hydrogen-bond donors (Lipinski definition) is 3. The Morgan fingerprint density at radius 2 is 2.00 bits per heavy atom. The lowest BCUT2D eigenvalue weighted by Crippen LogP contribution is -2.12. The second kappa shape index (κ2) is 5.64. The van der Waals surface area contributed by atoms with Crippen LogP contribution >= 0.6 is 11.6 Å².